The minimum Gasteiger partial charge on any atom is -0.447 e. The van der Waals surface area contributed by atoms with Crippen LogP contribution in [0.1, 0.15) is 23.0 Å². The molecule has 7 nitrogen and oxygen atoms in total. The van der Waals surface area contributed by atoms with E-state index in [-0.39, 0.29) is 18.0 Å². The Morgan fingerprint density at radius 2 is 2.12 bits per heavy atom. The Hall–Kier alpha value is -2.83. The van der Waals surface area contributed by atoms with Crippen LogP contribution in [0, 0.1) is 0 Å². The smallest absolute Gasteiger partial charge is 0.410 e. The minimum atomic E-state index is -0.281. The van der Waals surface area contributed by atoms with Crippen molar-refractivity contribution < 1.29 is 14.3 Å². The number of amides is 2. The van der Waals surface area contributed by atoms with Gasteiger partial charge in [0.05, 0.1) is 11.7 Å². The van der Waals surface area contributed by atoms with E-state index in [0.29, 0.717) is 31.9 Å². The Bertz CT molecular complexity index is 799. The number of hydrogen-bond acceptors (Lipinski definition) is 4. The average Bonchev–Trinajstić information content (AvgIpc) is 3.28. The van der Waals surface area contributed by atoms with Gasteiger partial charge in [-0.25, -0.2) is 4.79 Å². The molecule has 7 heteroatoms. The zero-order valence-corrected chi connectivity index (χ0v) is 14.1. The number of piperazine rings is 1. The van der Waals surface area contributed by atoms with Gasteiger partial charge in [-0.15, -0.1) is 0 Å². The molecule has 2 saturated heterocycles. The second kappa shape index (κ2) is 6.23. The molecular formula is C18H20N4O3. The van der Waals surface area contributed by atoms with Gasteiger partial charge in [0.1, 0.15) is 12.3 Å². The topological polar surface area (TPSA) is 78.5 Å². The second-order valence-corrected chi connectivity index (χ2v) is 6.39. The maximum absolute atomic E-state index is 12.7. The number of fused-ring (bicyclic) bond motifs is 1. The summed E-state index contributed by atoms with van der Waals surface area (Å²) in [6.45, 7) is 3.96. The van der Waals surface area contributed by atoms with Crippen LogP contribution in [-0.2, 0) is 11.2 Å². The largest absolute Gasteiger partial charge is 0.447 e. The fraction of sp³-hybridized carbons (Fsp3) is 0.389. The lowest BCUT2D eigenvalue weighted by Gasteiger charge is -2.35. The SMILES string of the molecule is CCc1ccc(-c2cc(C(=O)N3CCN4C(=O)OC[C@H]4C3)[nH]n2)cc1. The van der Waals surface area contributed by atoms with Gasteiger partial charge in [-0.05, 0) is 18.1 Å². The van der Waals surface area contributed by atoms with Gasteiger partial charge in [0.2, 0.25) is 0 Å². The molecule has 2 aromatic rings. The number of aromatic nitrogens is 2. The molecular weight excluding hydrogens is 320 g/mol. The summed E-state index contributed by atoms with van der Waals surface area (Å²) in [5, 5.41) is 7.12. The molecule has 130 valence electrons. The highest BCUT2D eigenvalue weighted by Gasteiger charge is 2.39. The highest BCUT2D eigenvalue weighted by atomic mass is 16.6. The fourth-order valence-electron chi connectivity index (χ4n) is 3.33. The first-order valence-electron chi connectivity index (χ1n) is 8.53. The van der Waals surface area contributed by atoms with Crippen molar-refractivity contribution in [2.24, 2.45) is 0 Å². The van der Waals surface area contributed by atoms with Crippen molar-refractivity contribution in [1.82, 2.24) is 20.0 Å². The molecule has 4 rings (SSSR count). The number of nitrogens with zero attached hydrogens (tertiary/aromatic N) is 3. The van der Waals surface area contributed by atoms with E-state index in [1.54, 1.807) is 15.9 Å². The summed E-state index contributed by atoms with van der Waals surface area (Å²) in [5.74, 6) is -0.0945. The molecule has 0 bridgehead atoms. The third-order valence-electron chi connectivity index (χ3n) is 4.87. The number of hydrogen-bond donors (Lipinski definition) is 1. The molecule has 0 saturated carbocycles. The summed E-state index contributed by atoms with van der Waals surface area (Å²) in [6, 6.07) is 9.91. The van der Waals surface area contributed by atoms with Gasteiger partial charge in [0.25, 0.3) is 5.91 Å². The predicted octanol–water partition coefficient (Wildman–Crippen LogP) is 1.92. The number of aryl methyl sites for hydroxylation is 1. The number of H-pyrrole nitrogens is 1. The van der Waals surface area contributed by atoms with E-state index in [0.717, 1.165) is 17.7 Å². The molecule has 25 heavy (non-hydrogen) atoms. The Labute approximate surface area is 145 Å². The van der Waals surface area contributed by atoms with Gasteiger partial charge in [-0.1, -0.05) is 31.2 Å². The van der Waals surface area contributed by atoms with E-state index < -0.39 is 0 Å². The molecule has 2 fully saturated rings. The number of cyclic esters (lactones) is 1. The lowest BCUT2D eigenvalue weighted by molar-refractivity contribution is 0.0611. The Morgan fingerprint density at radius 3 is 2.88 bits per heavy atom. The maximum Gasteiger partial charge on any atom is 0.410 e. The van der Waals surface area contributed by atoms with Crippen LogP contribution in [0.25, 0.3) is 11.3 Å². The van der Waals surface area contributed by atoms with Crippen molar-refractivity contribution in [2.45, 2.75) is 19.4 Å². The van der Waals surface area contributed by atoms with Gasteiger partial charge < -0.3 is 9.64 Å². The number of aromatic amines is 1. The quantitative estimate of drug-likeness (QED) is 0.926. The van der Waals surface area contributed by atoms with Crippen LogP contribution in [-0.4, -0.2) is 64.3 Å². The zero-order chi connectivity index (χ0) is 17.4. The predicted molar refractivity (Wildman–Crippen MR) is 91.1 cm³/mol. The first kappa shape index (κ1) is 15.7. The van der Waals surface area contributed by atoms with E-state index in [1.165, 1.54) is 5.56 Å². The number of rotatable bonds is 3. The summed E-state index contributed by atoms with van der Waals surface area (Å²) in [5.41, 5.74) is 3.46. The lowest BCUT2D eigenvalue weighted by atomic mass is 10.1. The van der Waals surface area contributed by atoms with E-state index in [4.69, 9.17) is 4.74 Å². The van der Waals surface area contributed by atoms with Gasteiger partial charge in [-0.2, -0.15) is 5.10 Å². The number of ether oxygens (including phenoxy) is 1. The summed E-state index contributed by atoms with van der Waals surface area (Å²) in [6.07, 6.45) is 0.709. The summed E-state index contributed by atoms with van der Waals surface area (Å²) in [7, 11) is 0. The molecule has 3 heterocycles. The molecule has 2 amide bonds. The number of carbonyl (C=O) groups excluding carboxylic acids is 2. The number of nitrogens with one attached hydrogen (secondary N) is 1. The van der Waals surface area contributed by atoms with Crippen LogP contribution in [0.15, 0.2) is 30.3 Å². The highest BCUT2D eigenvalue weighted by molar-refractivity contribution is 5.93. The number of carbonyl (C=O) groups is 2. The summed E-state index contributed by atoms with van der Waals surface area (Å²) >= 11 is 0. The van der Waals surface area contributed by atoms with Gasteiger partial charge in [0.15, 0.2) is 0 Å². The molecule has 1 atom stereocenters. The van der Waals surface area contributed by atoms with Crippen molar-refractivity contribution in [2.75, 3.05) is 26.2 Å². The first-order chi connectivity index (χ1) is 12.2. The van der Waals surface area contributed by atoms with Crippen LogP contribution in [0.3, 0.4) is 0 Å². The Balaban J connectivity index is 1.48. The van der Waals surface area contributed by atoms with Crippen molar-refractivity contribution in [3.05, 3.63) is 41.6 Å². The first-order valence-corrected chi connectivity index (χ1v) is 8.53. The van der Waals surface area contributed by atoms with E-state index in [2.05, 4.69) is 29.3 Å². The van der Waals surface area contributed by atoms with Crippen LogP contribution in [0.4, 0.5) is 4.79 Å². The molecule has 1 N–H and O–H groups in total. The normalized spacial score (nSPS) is 19.7. The molecule has 0 unspecified atom stereocenters. The van der Waals surface area contributed by atoms with E-state index >= 15 is 0 Å². The van der Waals surface area contributed by atoms with Gasteiger partial charge in [-0.3, -0.25) is 14.8 Å². The summed E-state index contributed by atoms with van der Waals surface area (Å²) < 4.78 is 5.04. The van der Waals surface area contributed by atoms with Crippen LogP contribution in [0.5, 0.6) is 0 Å². The molecule has 1 aromatic carbocycles. The van der Waals surface area contributed by atoms with Crippen molar-refractivity contribution in [3.63, 3.8) is 0 Å². The molecule has 0 radical (unpaired) electrons. The summed E-state index contributed by atoms with van der Waals surface area (Å²) in [4.78, 5) is 27.7. The van der Waals surface area contributed by atoms with E-state index in [9.17, 15) is 9.59 Å². The second-order valence-electron chi connectivity index (χ2n) is 6.39. The number of benzene rings is 1. The van der Waals surface area contributed by atoms with Crippen LogP contribution in [0.2, 0.25) is 0 Å². The van der Waals surface area contributed by atoms with Crippen molar-refractivity contribution in [1.29, 1.82) is 0 Å². The van der Waals surface area contributed by atoms with Crippen molar-refractivity contribution >= 4 is 12.0 Å². The minimum absolute atomic E-state index is 0.0471. The maximum atomic E-state index is 12.7. The molecule has 0 spiro atoms. The zero-order valence-electron chi connectivity index (χ0n) is 14.1. The molecule has 1 aromatic heterocycles. The van der Waals surface area contributed by atoms with Gasteiger partial charge >= 0.3 is 6.09 Å². The monoisotopic (exact) mass is 340 g/mol. The van der Waals surface area contributed by atoms with Crippen LogP contribution >= 0.6 is 0 Å². The molecule has 0 aliphatic carbocycles. The standard InChI is InChI=1S/C18H20N4O3/c1-2-12-3-5-13(6-4-12)15-9-16(20-19-15)17(23)21-7-8-22-14(10-21)11-25-18(22)24/h3-6,9,14H,2,7-8,10-11H2,1H3,(H,19,20)/t14-/m1/s1. The molecule has 2 aliphatic rings. The average molecular weight is 340 g/mol. The third-order valence-corrected chi connectivity index (χ3v) is 4.87. The van der Waals surface area contributed by atoms with Crippen molar-refractivity contribution in [3.8, 4) is 11.3 Å². The van der Waals surface area contributed by atoms with E-state index in [1.807, 2.05) is 12.1 Å². The van der Waals surface area contributed by atoms with Gasteiger partial charge in [0, 0.05) is 25.2 Å². The Kier molecular flexibility index (Phi) is 3.91. The lowest BCUT2D eigenvalue weighted by Crippen LogP contribution is -2.53. The third kappa shape index (κ3) is 2.86. The fourth-order valence-corrected chi connectivity index (χ4v) is 3.33. The molecule has 2 aliphatic heterocycles. The Morgan fingerprint density at radius 1 is 1.32 bits per heavy atom. The van der Waals surface area contributed by atoms with Crippen LogP contribution < -0.4 is 0 Å². The highest BCUT2D eigenvalue weighted by Crippen LogP contribution is 2.22.